The molecule has 23 heavy (non-hydrogen) atoms. The number of rotatable bonds is 2. The molecule has 0 atom stereocenters. The number of nitrogens with zero attached hydrogens (tertiary/aromatic N) is 3. The van der Waals surface area contributed by atoms with Gasteiger partial charge in [-0.2, -0.15) is 5.10 Å². The Morgan fingerprint density at radius 2 is 2.09 bits per heavy atom. The molecule has 122 valence electrons. The van der Waals surface area contributed by atoms with Crippen LogP contribution in [-0.4, -0.2) is 34.2 Å². The van der Waals surface area contributed by atoms with Crippen molar-refractivity contribution in [1.82, 2.24) is 20.1 Å². The third-order valence-corrected chi connectivity index (χ3v) is 4.46. The van der Waals surface area contributed by atoms with Gasteiger partial charge in [0.25, 0.3) is 0 Å². The van der Waals surface area contributed by atoms with Crippen LogP contribution >= 0.6 is 0 Å². The Morgan fingerprint density at radius 3 is 2.74 bits per heavy atom. The number of aryl methyl sites for hydroxylation is 1. The second-order valence-electron chi connectivity index (χ2n) is 5.93. The third kappa shape index (κ3) is 2.31. The topological polar surface area (TPSA) is 78.0 Å². The highest BCUT2D eigenvalue weighted by atomic mass is 19.4. The van der Waals surface area contributed by atoms with Gasteiger partial charge in [-0.15, -0.1) is 13.2 Å². The lowest BCUT2D eigenvalue weighted by atomic mass is 9.77. The molecule has 6 nitrogen and oxygen atoms in total. The summed E-state index contributed by atoms with van der Waals surface area (Å²) in [6.07, 6.45) is -2.38. The number of hydrogen-bond acceptors (Lipinski definition) is 5. The van der Waals surface area contributed by atoms with Crippen LogP contribution in [0.4, 0.5) is 19.0 Å². The van der Waals surface area contributed by atoms with Crippen LogP contribution in [0.1, 0.15) is 12.1 Å². The van der Waals surface area contributed by atoms with Crippen molar-refractivity contribution in [2.75, 3.05) is 18.8 Å². The molecule has 2 aromatic heterocycles. The molecule has 0 unspecified atom stereocenters. The normalized spacial score (nSPS) is 18.7. The number of ether oxygens (including phenoxy) is 1. The van der Waals surface area contributed by atoms with Crippen LogP contribution in [0.15, 0.2) is 18.3 Å². The Labute approximate surface area is 129 Å². The summed E-state index contributed by atoms with van der Waals surface area (Å²) in [5.74, 6) is -0.819. The number of anilines is 1. The standard InChI is InChI=1S/C14H14F3N5O/c15-14(16,17)23-10-3-8(5-20-12(10)18)9-4-11-13(6-19-7-13)1-2-22(11)21-9/h3-5,19H,1-2,6-7H2,(H2,18,20). The van der Waals surface area contributed by atoms with Crippen molar-refractivity contribution >= 4 is 5.82 Å². The summed E-state index contributed by atoms with van der Waals surface area (Å²) in [7, 11) is 0. The first-order valence-electron chi connectivity index (χ1n) is 7.17. The van der Waals surface area contributed by atoms with E-state index in [-0.39, 0.29) is 11.2 Å². The molecule has 0 amide bonds. The summed E-state index contributed by atoms with van der Waals surface area (Å²) < 4.78 is 43.1. The molecule has 1 fully saturated rings. The fourth-order valence-corrected chi connectivity index (χ4v) is 3.19. The summed E-state index contributed by atoms with van der Waals surface area (Å²) >= 11 is 0. The number of nitrogen functional groups attached to an aromatic ring is 1. The largest absolute Gasteiger partial charge is 0.573 e. The van der Waals surface area contributed by atoms with Gasteiger partial charge < -0.3 is 15.8 Å². The Bertz CT molecular complexity index is 766. The Kier molecular flexibility index (Phi) is 2.87. The van der Waals surface area contributed by atoms with E-state index in [0.717, 1.165) is 31.7 Å². The number of nitrogens with two attached hydrogens (primary N) is 1. The molecule has 4 heterocycles. The van der Waals surface area contributed by atoms with Crippen molar-refractivity contribution in [2.45, 2.75) is 24.7 Å². The molecule has 2 aromatic rings. The van der Waals surface area contributed by atoms with Crippen molar-refractivity contribution in [2.24, 2.45) is 0 Å². The van der Waals surface area contributed by atoms with E-state index in [1.54, 1.807) is 0 Å². The van der Waals surface area contributed by atoms with E-state index in [9.17, 15) is 13.2 Å². The van der Waals surface area contributed by atoms with Crippen molar-refractivity contribution in [3.8, 4) is 17.0 Å². The first-order valence-corrected chi connectivity index (χ1v) is 7.17. The van der Waals surface area contributed by atoms with Crippen LogP contribution in [0.3, 0.4) is 0 Å². The predicted molar refractivity (Wildman–Crippen MR) is 75.7 cm³/mol. The predicted octanol–water partition coefficient (Wildman–Crippen LogP) is 1.67. The van der Waals surface area contributed by atoms with E-state index in [2.05, 4.69) is 20.1 Å². The zero-order valence-corrected chi connectivity index (χ0v) is 12.0. The first kappa shape index (κ1) is 14.3. The number of fused-ring (bicyclic) bond motifs is 2. The van der Waals surface area contributed by atoms with Crippen molar-refractivity contribution in [3.05, 3.63) is 24.0 Å². The molecule has 0 aliphatic carbocycles. The van der Waals surface area contributed by atoms with Crippen LogP contribution in [-0.2, 0) is 12.0 Å². The zero-order chi connectivity index (χ0) is 16.2. The van der Waals surface area contributed by atoms with Crippen LogP contribution < -0.4 is 15.8 Å². The van der Waals surface area contributed by atoms with E-state index in [0.29, 0.717) is 11.3 Å². The van der Waals surface area contributed by atoms with E-state index < -0.39 is 12.1 Å². The number of pyridine rings is 1. The van der Waals surface area contributed by atoms with Gasteiger partial charge in [-0.25, -0.2) is 4.98 Å². The number of hydrogen-bond donors (Lipinski definition) is 2. The monoisotopic (exact) mass is 325 g/mol. The van der Waals surface area contributed by atoms with Gasteiger partial charge in [0.1, 0.15) is 0 Å². The van der Waals surface area contributed by atoms with E-state index in [1.807, 2.05) is 10.7 Å². The Morgan fingerprint density at radius 1 is 1.30 bits per heavy atom. The molecule has 2 aliphatic heterocycles. The van der Waals surface area contributed by atoms with Crippen molar-refractivity contribution in [3.63, 3.8) is 0 Å². The van der Waals surface area contributed by atoms with Gasteiger partial charge in [-0.05, 0) is 18.6 Å². The molecular weight excluding hydrogens is 311 g/mol. The van der Waals surface area contributed by atoms with Crippen LogP contribution in [0.25, 0.3) is 11.3 Å². The van der Waals surface area contributed by atoms with E-state index in [1.165, 1.54) is 12.3 Å². The average molecular weight is 325 g/mol. The number of alkyl halides is 3. The van der Waals surface area contributed by atoms with Gasteiger partial charge in [0.15, 0.2) is 11.6 Å². The molecule has 1 spiro atoms. The van der Waals surface area contributed by atoms with E-state index in [4.69, 9.17) is 5.73 Å². The van der Waals surface area contributed by atoms with Crippen LogP contribution in [0.2, 0.25) is 0 Å². The minimum absolute atomic E-state index is 0.109. The van der Waals surface area contributed by atoms with Crippen molar-refractivity contribution < 1.29 is 17.9 Å². The highest BCUT2D eigenvalue weighted by molar-refractivity contribution is 5.64. The fraction of sp³-hybridized carbons (Fsp3) is 0.429. The molecule has 3 N–H and O–H groups in total. The summed E-state index contributed by atoms with van der Waals surface area (Å²) in [5.41, 5.74) is 7.69. The molecular formula is C14H14F3N5O. The van der Waals surface area contributed by atoms with Crippen molar-refractivity contribution in [1.29, 1.82) is 0 Å². The maximum absolute atomic E-state index is 12.4. The van der Waals surface area contributed by atoms with Gasteiger partial charge in [0.2, 0.25) is 0 Å². The lowest BCUT2D eigenvalue weighted by molar-refractivity contribution is -0.274. The maximum Gasteiger partial charge on any atom is 0.573 e. The molecule has 0 radical (unpaired) electrons. The van der Waals surface area contributed by atoms with E-state index >= 15 is 0 Å². The molecule has 0 saturated carbocycles. The Balaban J connectivity index is 1.69. The van der Waals surface area contributed by atoms with Gasteiger partial charge in [-0.1, -0.05) is 0 Å². The molecule has 2 aliphatic rings. The second-order valence-corrected chi connectivity index (χ2v) is 5.93. The average Bonchev–Trinajstić information content (AvgIpc) is 2.96. The highest BCUT2D eigenvalue weighted by Gasteiger charge is 2.45. The fourth-order valence-electron chi connectivity index (χ4n) is 3.19. The molecule has 0 aromatic carbocycles. The highest BCUT2D eigenvalue weighted by Crippen LogP contribution is 2.40. The summed E-state index contributed by atoms with van der Waals surface area (Å²) in [5, 5.41) is 7.74. The molecule has 4 rings (SSSR count). The SMILES string of the molecule is Nc1ncc(-c2cc3n(n2)CCC32CNC2)cc1OC(F)(F)F. The van der Waals surface area contributed by atoms with Crippen LogP contribution in [0.5, 0.6) is 5.75 Å². The summed E-state index contributed by atoms with van der Waals surface area (Å²) in [6, 6.07) is 3.14. The summed E-state index contributed by atoms with van der Waals surface area (Å²) in [4.78, 5) is 3.78. The maximum atomic E-state index is 12.4. The lowest BCUT2D eigenvalue weighted by Crippen LogP contribution is -2.55. The smallest absolute Gasteiger partial charge is 0.402 e. The number of halogens is 3. The lowest BCUT2D eigenvalue weighted by Gasteiger charge is -2.38. The minimum Gasteiger partial charge on any atom is -0.402 e. The Hall–Kier alpha value is -2.29. The zero-order valence-electron chi connectivity index (χ0n) is 12.0. The molecule has 9 heteroatoms. The van der Waals surface area contributed by atoms with Gasteiger partial charge in [0, 0.05) is 42.5 Å². The van der Waals surface area contributed by atoms with Gasteiger partial charge in [0.05, 0.1) is 5.69 Å². The minimum atomic E-state index is -4.81. The summed E-state index contributed by atoms with van der Waals surface area (Å²) in [6.45, 7) is 2.62. The first-order chi connectivity index (χ1) is 10.9. The molecule has 0 bridgehead atoms. The quantitative estimate of drug-likeness (QED) is 0.878. The second kappa shape index (κ2) is 4.60. The third-order valence-electron chi connectivity index (χ3n) is 4.46. The molecule has 1 saturated heterocycles. The number of nitrogens with one attached hydrogen (secondary N) is 1. The van der Waals surface area contributed by atoms with Crippen LogP contribution in [0, 0.1) is 0 Å². The number of aromatic nitrogens is 3. The van der Waals surface area contributed by atoms with Gasteiger partial charge >= 0.3 is 6.36 Å². The van der Waals surface area contributed by atoms with Gasteiger partial charge in [-0.3, -0.25) is 4.68 Å².